The number of nitro groups is 1. The Kier molecular flexibility index (Phi) is 5.07. The zero-order valence-electron chi connectivity index (χ0n) is 12.8. The van der Waals surface area contributed by atoms with Crippen molar-refractivity contribution in [3.8, 4) is 0 Å². The molecule has 0 atom stereocenters. The Morgan fingerprint density at radius 1 is 1.30 bits per heavy atom. The zero-order chi connectivity index (χ0) is 15.6. The first-order valence-electron chi connectivity index (χ1n) is 6.60. The number of aliphatic hydroxyl groups is 1. The fraction of sp³-hybridized carbons (Fsp3) is 0.571. The maximum atomic E-state index is 11.2. The van der Waals surface area contributed by atoms with Crippen LogP contribution in [0.25, 0.3) is 0 Å². The molecule has 5 nitrogen and oxygen atoms in total. The molecule has 0 radical (unpaired) electrons. The van der Waals surface area contributed by atoms with Gasteiger partial charge < -0.3 is 9.53 Å². The van der Waals surface area contributed by atoms with Crippen LogP contribution in [0.1, 0.15) is 31.9 Å². The van der Waals surface area contributed by atoms with Gasteiger partial charge >= 0.3 is 0 Å². The number of hydrogen-bond donors (Lipinski definition) is 1. The minimum Gasteiger partial charge on any atom is -0.412 e. The minimum absolute atomic E-state index is 0.0336. The molecule has 1 rings (SSSR count). The quantitative estimate of drug-likeness (QED) is 0.512. The first-order chi connectivity index (χ1) is 9.10. The molecule has 112 valence electrons. The highest BCUT2D eigenvalue weighted by molar-refractivity contribution is 6.74. The number of hydrogen-bond acceptors (Lipinski definition) is 4. The first-order valence-corrected chi connectivity index (χ1v) is 9.51. The van der Waals surface area contributed by atoms with Crippen LogP contribution in [0, 0.1) is 10.1 Å². The monoisotopic (exact) mass is 297 g/mol. The van der Waals surface area contributed by atoms with E-state index in [0.29, 0.717) is 11.1 Å². The molecular weight excluding hydrogens is 274 g/mol. The summed E-state index contributed by atoms with van der Waals surface area (Å²) in [6.45, 7) is 10.4. The van der Waals surface area contributed by atoms with Crippen LogP contribution < -0.4 is 0 Å². The van der Waals surface area contributed by atoms with E-state index in [9.17, 15) is 15.2 Å². The second-order valence-corrected chi connectivity index (χ2v) is 11.2. The number of para-hydroxylation sites is 1. The summed E-state index contributed by atoms with van der Waals surface area (Å²) >= 11 is 0. The molecule has 0 amide bonds. The highest BCUT2D eigenvalue weighted by Gasteiger charge is 2.37. The molecule has 0 saturated heterocycles. The van der Waals surface area contributed by atoms with Crippen molar-refractivity contribution in [3.63, 3.8) is 0 Å². The van der Waals surface area contributed by atoms with Gasteiger partial charge in [0.1, 0.15) is 0 Å². The van der Waals surface area contributed by atoms with E-state index in [1.54, 1.807) is 18.2 Å². The third-order valence-electron chi connectivity index (χ3n) is 3.95. The number of aliphatic hydroxyl groups excluding tert-OH is 1. The van der Waals surface area contributed by atoms with E-state index in [1.807, 2.05) is 0 Å². The lowest BCUT2D eigenvalue weighted by molar-refractivity contribution is -0.386. The molecule has 0 saturated carbocycles. The molecule has 6 heteroatoms. The molecule has 0 aromatic heterocycles. The van der Waals surface area contributed by atoms with Crippen molar-refractivity contribution in [2.24, 2.45) is 0 Å². The van der Waals surface area contributed by atoms with Crippen molar-refractivity contribution in [1.82, 2.24) is 0 Å². The van der Waals surface area contributed by atoms with Crippen molar-refractivity contribution in [2.75, 3.05) is 0 Å². The Morgan fingerprint density at radius 3 is 2.30 bits per heavy atom. The van der Waals surface area contributed by atoms with E-state index in [-0.39, 0.29) is 23.9 Å². The van der Waals surface area contributed by atoms with Gasteiger partial charge in [0.25, 0.3) is 5.69 Å². The number of nitrogens with zero attached hydrogens (tertiary/aromatic N) is 1. The van der Waals surface area contributed by atoms with Crippen molar-refractivity contribution in [3.05, 3.63) is 39.4 Å². The number of nitro benzene ring substituents is 1. The van der Waals surface area contributed by atoms with E-state index in [4.69, 9.17) is 4.43 Å². The van der Waals surface area contributed by atoms with Gasteiger partial charge in [-0.15, -0.1) is 0 Å². The maximum absolute atomic E-state index is 11.2. The van der Waals surface area contributed by atoms with Gasteiger partial charge in [-0.1, -0.05) is 26.8 Å². The summed E-state index contributed by atoms with van der Waals surface area (Å²) in [5.74, 6) is 0. The molecule has 1 aromatic rings. The van der Waals surface area contributed by atoms with E-state index in [0.717, 1.165) is 0 Å². The van der Waals surface area contributed by atoms with Crippen LogP contribution in [0.15, 0.2) is 18.2 Å². The average molecular weight is 297 g/mol. The van der Waals surface area contributed by atoms with E-state index >= 15 is 0 Å². The van der Waals surface area contributed by atoms with Crippen molar-refractivity contribution >= 4 is 14.0 Å². The molecule has 0 fully saturated rings. The molecule has 1 aromatic carbocycles. The maximum Gasteiger partial charge on any atom is 0.280 e. The second-order valence-electron chi connectivity index (χ2n) is 6.39. The van der Waals surface area contributed by atoms with Gasteiger partial charge in [0, 0.05) is 0 Å². The predicted molar refractivity (Wildman–Crippen MR) is 81.0 cm³/mol. The first kappa shape index (κ1) is 16.8. The fourth-order valence-electron chi connectivity index (χ4n) is 1.60. The summed E-state index contributed by atoms with van der Waals surface area (Å²) < 4.78 is 6.02. The predicted octanol–water partition coefficient (Wildman–Crippen LogP) is 3.61. The summed E-state index contributed by atoms with van der Waals surface area (Å²) in [6, 6.07) is 4.96. The highest BCUT2D eigenvalue weighted by Crippen LogP contribution is 2.37. The Hall–Kier alpha value is -1.24. The molecule has 0 bridgehead atoms. The van der Waals surface area contributed by atoms with Crippen molar-refractivity contribution < 1.29 is 14.5 Å². The lowest BCUT2D eigenvalue weighted by Gasteiger charge is -2.36. The molecule has 0 aliphatic carbocycles. The van der Waals surface area contributed by atoms with E-state index < -0.39 is 13.2 Å². The Labute approximate surface area is 120 Å². The third-order valence-corrected chi connectivity index (χ3v) is 8.43. The fourth-order valence-corrected chi connectivity index (χ4v) is 2.55. The summed E-state index contributed by atoms with van der Waals surface area (Å²) in [4.78, 5) is 10.7. The molecule has 20 heavy (non-hydrogen) atoms. The van der Waals surface area contributed by atoms with Gasteiger partial charge in [-0.05, 0) is 30.3 Å². The minimum atomic E-state index is -1.96. The van der Waals surface area contributed by atoms with Gasteiger partial charge in [0.05, 0.1) is 29.3 Å². The van der Waals surface area contributed by atoms with Gasteiger partial charge in [0.15, 0.2) is 8.32 Å². The van der Waals surface area contributed by atoms with Crippen LogP contribution in [0.4, 0.5) is 5.69 Å². The Balaban J connectivity index is 3.02. The lowest BCUT2D eigenvalue weighted by atomic mass is 10.1. The SMILES string of the molecule is CC(C)(C)[Si](C)(C)OCc1cccc(CO)c1[N+](=O)[O-]. The number of rotatable bonds is 5. The van der Waals surface area contributed by atoms with Crippen LogP contribution in [-0.4, -0.2) is 18.3 Å². The normalized spacial score (nSPS) is 12.5. The summed E-state index contributed by atoms with van der Waals surface area (Å²) in [5, 5.41) is 20.4. The van der Waals surface area contributed by atoms with Gasteiger partial charge in [-0.3, -0.25) is 10.1 Å². The van der Waals surface area contributed by atoms with E-state index in [2.05, 4.69) is 33.9 Å². The molecule has 0 unspecified atom stereocenters. The van der Waals surface area contributed by atoms with Crippen molar-refractivity contribution in [2.45, 2.75) is 52.1 Å². The molecule has 0 aliphatic heterocycles. The van der Waals surface area contributed by atoms with Crippen LogP contribution >= 0.6 is 0 Å². The average Bonchev–Trinajstić information content (AvgIpc) is 2.34. The largest absolute Gasteiger partial charge is 0.412 e. The third kappa shape index (κ3) is 3.65. The molecule has 1 N–H and O–H groups in total. The Bertz CT molecular complexity index is 494. The van der Waals surface area contributed by atoms with Gasteiger partial charge in [-0.25, -0.2) is 0 Å². The van der Waals surface area contributed by atoms with Crippen LogP contribution in [0.3, 0.4) is 0 Å². The van der Waals surface area contributed by atoms with Gasteiger partial charge in [0.2, 0.25) is 0 Å². The summed E-state index contributed by atoms with van der Waals surface area (Å²) in [5.41, 5.74) is 0.811. The Morgan fingerprint density at radius 2 is 1.85 bits per heavy atom. The topological polar surface area (TPSA) is 72.6 Å². The molecular formula is C14H23NO4Si. The van der Waals surface area contributed by atoms with E-state index in [1.165, 1.54) is 0 Å². The standard InChI is InChI=1S/C14H23NO4Si/c1-14(2,3)20(4,5)19-10-12-8-6-7-11(9-16)13(12)15(17)18/h6-8,16H,9-10H2,1-5H3. The second kappa shape index (κ2) is 6.03. The highest BCUT2D eigenvalue weighted by atomic mass is 28.4. The molecule has 0 spiro atoms. The summed E-state index contributed by atoms with van der Waals surface area (Å²) in [6.07, 6.45) is 0. The van der Waals surface area contributed by atoms with Crippen LogP contribution in [0.5, 0.6) is 0 Å². The van der Waals surface area contributed by atoms with Crippen LogP contribution in [0.2, 0.25) is 18.1 Å². The van der Waals surface area contributed by atoms with Gasteiger partial charge in [-0.2, -0.15) is 0 Å². The van der Waals surface area contributed by atoms with Crippen molar-refractivity contribution in [1.29, 1.82) is 0 Å². The number of benzene rings is 1. The summed E-state index contributed by atoms with van der Waals surface area (Å²) in [7, 11) is -1.96. The lowest BCUT2D eigenvalue weighted by Crippen LogP contribution is -2.40. The van der Waals surface area contributed by atoms with Crippen LogP contribution in [-0.2, 0) is 17.6 Å². The molecule has 0 aliphatic rings. The zero-order valence-corrected chi connectivity index (χ0v) is 13.8. The molecule has 0 heterocycles. The smallest absolute Gasteiger partial charge is 0.280 e.